The van der Waals surface area contributed by atoms with Gasteiger partial charge in [0.1, 0.15) is 0 Å². The van der Waals surface area contributed by atoms with Crippen LogP contribution in [0.1, 0.15) is 42.7 Å². The predicted octanol–water partition coefficient (Wildman–Crippen LogP) is 1.86. The fourth-order valence-corrected chi connectivity index (χ4v) is 2.52. The lowest BCUT2D eigenvalue weighted by Crippen LogP contribution is -2.39. The third kappa shape index (κ3) is 4.14. The van der Waals surface area contributed by atoms with Crippen molar-refractivity contribution >= 4 is 11.9 Å². The summed E-state index contributed by atoms with van der Waals surface area (Å²) in [6, 6.07) is 0.403. The molecule has 1 aliphatic heterocycles. The molecule has 1 N–H and O–H groups in total. The molecule has 0 radical (unpaired) electrons. The summed E-state index contributed by atoms with van der Waals surface area (Å²) in [5.74, 6) is 0.230. The Bertz CT molecular complexity index is 485. The molecule has 6 heteroatoms. The average Bonchev–Trinajstić information content (AvgIpc) is 2.48. The zero-order chi connectivity index (χ0) is 15.2. The summed E-state index contributed by atoms with van der Waals surface area (Å²) < 4.78 is 4.98. The van der Waals surface area contributed by atoms with Crippen molar-refractivity contribution < 1.29 is 9.53 Å². The number of aryl methyl sites for hydroxylation is 1. The van der Waals surface area contributed by atoms with Crippen molar-refractivity contribution in [3.63, 3.8) is 0 Å². The molecule has 0 bridgehead atoms. The second-order valence-corrected chi connectivity index (χ2v) is 5.27. The SMILES string of the molecule is CCOC(=O)c1cnc(NC2CCN(CC)CC2)nc1C. The van der Waals surface area contributed by atoms with Gasteiger partial charge < -0.3 is 15.0 Å². The summed E-state index contributed by atoms with van der Waals surface area (Å²) in [4.78, 5) is 22.8. The van der Waals surface area contributed by atoms with Gasteiger partial charge >= 0.3 is 5.97 Å². The van der Waals surface area contributed by atoms with Gasteiger partial charge in [-0.15, -0.1) is 0 Å². The van der Waals surface area contributed by atoms with Crippen LogP contribution in [0.3, 0.4) is 0 Å². The van der Waals surface area contributed by atoms with Crippen LogP contribution in [0, 0.1) is 6.92 Å². The van der Waals surface area contributed by atoms with Gasteiger partial charge in [0.2, 0.25) is 5.95 Å². The van der Waals surface area contributed by atoms with E-state index in [1.54, 1.807) is 20.0 Å². The van der Waals surface area contributed by atoms with Crippen molar-refractivity contribution in [3.8, 4) is 0 Å². The minimum atomic E-state index is -0.363. The molecule has 21 heavy (non-hydrogen) atoms. The van der Waals surface area contributed by atoms with Gasteiger partial charge in [0.25, 0.3) is 0 Å². The van der Waals surface area contributed by atoms with Gasteiger partial charge in [-0.05, 0) is 33.2 Å². The van der Waals surface area contributed by atoms with Crippen molar-refractivity contribution in [2.75, 3.05) is 31.6 Å². The second kappa shape index (κ2) is 7.36. The Kier molecular flexibility index (Phi) is 5.50. The van der Waals surface area contributed by atoms with E-state index < -0.39 is 0 Å². The Hall–Kier alpha value is -1.69. The summed E-state index contributed by atoms with van der Waals surface area (Å²) in [5, 5.41) is 3.36. The highest BCUT2D eigenvalue weighted by molar-refractivity contribution is 5.90. The molecule has 116 valence electrons. The van der Waals surface area contributed by atoms with E-state index in [9.17, 15) is 4.79 Å². The van der Waals surface area contributed by atoms with E-state index >= 15 is 0 Å². The van der Waals surface area contributed by atoms with Gasteiger partial charge in [-0.3, -0.25) is 0 Å². The van der Waals surface area contributed by atoms with E-state index in [1.807, 2.05) is 0 Å². The molecule has 0 aliphatic carbocycles. The van der Waals surface area contributed by atoms with Gasteiger partial charge in [-0.1, -0.05) is 6.92 Å². The topological polar surface area (TPSA) is 67.3 Å². The molecule has 6 nitrogen and oxygen atoms in total. The number of rotatable bonds is 5. The van der Waals surface area contributed by atoms with E-state index in [0.29, 0.717) is 29.9 Å². The number of carbonyl (C=O) groups is 1. The number of likely N-dealkylation sites (tertiary alicyclic amines) is 1. The quantitative estimate of drug-likeness (QED) is 0.836. The van der Waals surface area contributed by atoms with E-state index in [2.05, 4.69) is 27.1 Å². The van der Waals surface area contributed by atoms with E-state index in [1.165, 1.54) is 0 Å². The van der Waals surface area contributed by atoms with E-state index in [0.717, 1.165) is 32.5 Å². The van der Waals surface area contributed by atoms with Crippen LogP contribution >= 0.6 is 0 Å². The number of ether oxygens (including phenoxy) is 1. The summed E-state index contributed by atoms with van der Waals surface area (Å²) in [6.45, 7) is 9.45. The van der Waals surface area contributed by atoms with Crippen molar-refractivity contribution in [3.05, 3.63) is 17.5 Å². The first-order valence-electron chi connectivity index (χ1n) is 7.63. The Balaban J connectivity index is 1.96. The summed E-state index contributed by atoms with van der Waals surface area (Å²) in [7, 11) is 0. The minimum absolute atomic E-state index is 0.355. The van der Waals surface area contributed by atoms with Crippen LogP contribution in [-0.2, 0) is 4.74 Å². The van der Waals surface area contributed by atoms with Gasteiger partial charge in [0.05, 0.1) is 17.9 Å². The lowest BCUT2D eigenvalue weighted by Gasteiger charge is -2.31. The zero-order valence-electron chi connectivity index (χ0n) is 13.1. The van der Waals surface area contributed by atoms with Crippen LogP contribution in [0.5, 0.6) is 0 Å². The van der Waals surface area contributed by atoms with Crippen LogP contribution in [0.15, 0.2) is 6.20 Å². The normalized spacial score (nSPS) is 16.7. The summed E-state index contributed by atoms with van der Waals surface area (Å²) in [5.41, 5.74) is 1.08. The number of anilines is 1. The standard InChI is InChI=1S/C15H24N4O2/c1-4-19-8-6-12(7-9-19)18-15-16-10-13(11(3)17-15)14(20)21-5-2/h10,12H,4-9H2,1-3H3,(H,16,17,18). The fraction of sp³-hybridized carbons (Fsp3) is 0.667. The van der Waals surface area contributed by atoms with Gasteiger partial charge in [0, 0.05) is 25.3 Å². The van der Waals surface area contributed by atoms with Crippen LogP contribution in [0.2, 0.25) is 0 Å². The first-order valence-corrected chi connectivity index (χ1v) is 7.63. The molecule has 0 amide bonds. The van der Waals surface area contributed by atoms with Crippen molar-refractivity contribution in [2.45, 2.75) is 39.7 Å². The highest BCUT2D eigenvalue weighted by atomic mass is 16.5. The van der Waals surface area contributed by atoms with Crippen LogP contribution < -0.4 is 5.32 Å². The zero-order valence-corrected chi connectivity index (χ0v) is 13.1. The molecular formula is C15H24N4O2. The molecule has 1 aliphatic rings. The number of esters is 1. The van der Waals surface area contributed by atoms with Crippen LogP contribution in [0.25, 0.3) is 0 Å². The third-order valence-corrected chi connectivity index (χ3v) is 3.84. The Morgan fingerprint density at radius 1 is 1.43 bits per heavy atom. The average molecular weight is 292 g/mol. The smallest absolute Gasteiger partial charge is 0.341 e. The first kappa shape index (κ1) is 15.7. The number of hydrogen-bond acceptors (Lipinski definition) is 6. The number of hydrogen-bond donors (Lipinski definition) is 1. The van der Waals surface area contributed by atoms with E-state index in [4.69, 9.17) is 4.74 Å². The molecule has 0 aromatic carbocycles. The minimum Gasteiger partial charge on any atom is -0.462 e. The van der Waals surface area contributed by atoms with Crippen LogP contribution in [-0.4, -0.2) is 53.1 Å². The first-order chi connectivity index (χ1) is 10.1. The lowest BCUT2D eigenvalue weighted by molar-refractivity contribution is 0.0524. The lowest BCUT2D eigenvalue weighted by atomic mass is 10.1. The van der Waals surface area contributed by atoms with Crippen molar-refractivity contribution in [1.29, 1.82) is 0 Å². The summed E-state index contributed by atoms with van der Waals surface area (Å²) in [6.07, 6.45) is 3.73. The van der Waals surface area contributed by atoms with Gasteiger partial charge in [0.15, 0.2) is 0 Å². The maximum atomic E-state index is 11.7. The Morgan fingerprint density at radius 3 is 2.71 bits per heavy atom. The van der Waals surface area contributed by atoms with Crippen molar-refractivity contribution in [2.24, 2.45) is 0 Å². The molecule has 1 aromatic rings. The second-order valence-electron chi connectivity index (χ2n) is 5.27. The monoisotopic (exact) mass is 292 g/mol. The molecule has 0 spiro atoms. The predicted molar refractivity (Wildman–Crippen MR) is 81.5 cm³/mol. The van der Waals surface area contributed by atoms with Gasteiger partial charge in [-0.25, -0.2) is 14.8 Å². The number of nitrogens with zero attached hydrogens (tertiary/aromatic N) is 3. The fourth-order valence-electron chi connectivity index (χ4n) is 2.52. The Morgan fingerprint density at radius 2 is 2.14 bits per heavy atom. The summed E-state index contributed by atoms with van der Waals surface area (Å²) >= 11 is 0. The molecule has 0 unspecified atom stereocenters. The molecule has 1 fully saturated rings. The number of nitrogens with one attached hydrogen (secondary N) is 1. The number of aromatic nitrogens is 2. The Labute approximate surface area is 125 Å². The molecule has 0 saturated carbocycles. The molecule has 1 aromatic heterocycles. The highest BCUT2D eigenvalue weighted by Gasteiger charge is 2.19. The highest BCUT2D eigenvalue weighted by Crippen LogP contribution is 2.15. The van der Waals surface area contributed by atoms with Crippen LogP contribution in [0.4, 0.5) is 5.95 Å². The number of carbonyl (C=O) groups excluding carboxylic acids is 1. The number of piperidine rings is 1. The van der Waals surface area contributed by atoms with Crippen molar-refractivity contribution in [1.82, 2.24) is 14.9 Å². The largest absolute Gasteiger partial charge is 0.462 e. The molecule has 2 heterocycles. The third-order valence-electron chi connectivity index (χ3n) is 3.84. The molecule has 2 rings (SSSR count). The van der Waals surface area contributed by atoms with Gasteiger partial charge in [-0.2, -0.15) is 0 Å². The maximum Gasteiger partial charge on any atom is 0.341 e. The molecular weight excluding hydrogens is 268 g/mol. The molecule has 1 saturated heterocycles. The molecule has 0 atom stereocenters. The maximum absolute atomic E-state index is 11.7. The van der Waals surface area contributed by atoms with E-state index in [-0.39, 0.29) is 5.97 Å².